The average Bonchev–Trinajstić information content (AvgIpc) is 2.98. The first-order valence-corrected chi connectivity index (χ1v) is 5.30. The van der Waals surface area contributed by atoms with Gasteiger partial charge >= 0.3 is 0 Å². The average molecular weight is 230 g/mol. The van der Waals surface area contributed by atoms with Crippen LogP contribution in [0.2, 0.25) is 0 Å². The summed E-state index contributed by atoms with van der Waals surface area (Å²) in [5.41, 5.74) is 1.21. The molecule has 1 saturated carbocycles. The Morgan fingerprint density at radius 3 is 3.00 bits per heavy atom. The molecular formula is C10H16ClN3O. The maximum absolute atomic E-state index is 5.66. The molecule has 2 aliphatic rings. The molecule has 15 heavy (non-hydrogen) atoms. The van der Waals surface area contributed by atoms with E-state index >= 15 is 0 Å². The Morgan fingerprint density at radius 1 is 1.47 bits per heavy atom. The molecular weight excluding hydrogens is 214 g/mol. The van der Waals surface area contributed by atoms with Crippen LogP contribution in [0.15, 0.2) is 12.4 Å². The summed E-state index contributed by atoms with van der Waals surface area (Å²) in [6.07, 6.45) is 6.84. The Morgan fingerprint density at radius 2 is 2.33 bits per heavy atom. The minimum atomic E-state index is 0. The molecule has 3 rings (SSSR count). The Kier molecular flexibility index (Phi) is 3.29. The molecule has 0 bridgehead atoms. The van der Waals surface area contributed by atoms with Crippen molar-refractivity contribution in [1.82, 2.24) is 15.1 Å². The first-order chi connectivity index (χ1) is 6.93. The summed E-state index contributed by atoms with van der Waals surface area (Å²) in [4.78, 5) is 0. The van der Waals surface area contributed by atoms with Crippen LogP contribution in [0.5, 0.6) is 0 Å². The number of rotatable bonds is 2. The highest BCUT2D eigenvalue weighted by Gasteiger charge is 2.25. The van der Waals surface area contributed by atoms with Gasteiger partial charge in [0.2, 0.25) is 0 Å². The highest BCUT2D eigenvalue weighted by Crippen LogP contribution is 2.34. The zero-order valence-electron chi connectivity index (χ0n) is 8.56. The molecule has 0 aromatic carbocycles. The molecule has 2 heterocycles. The molecule has 1 aliphatic carbocycles. The Hall–Kier alpha value is -0.580. The van der Waals surface area contributed by atoms with Gasteiger partial charge in [0, 0.05) is 24.8 Å². The van der Waals surface area contributed by atoms with E-state index in [0.717, 1.165) is 19.7 Å². The normalized spacial score (nSPS) is 26.0. The lowest BCUT2D eigenvalue weighted by Crippen LogP contribution is -2.33. The zero-order valence-corrected chi connectivity index (χ0v) is 9.37. The number of hydrogen-bond acceptors (Lipinski definition) is 3. The van der Waals surface area contributed by atoms with Crippen LogP contribution < -0.4 is 5.32 Å². The summed E-state index contributed by atoms with van der Waals surface area (Å²) in [6.45, 7) is 2.68. The summed E-state index contributed by atoms with van der Waals surface area (Å²) in [5, 5.41) is 7.69. The van der Waals surface area contributed by atoms with Crippen LogP contribution in [-0.4, -0.2) is 29.5 Å². The van der Waals surface area contributed by atoms with Gasteiger partial charge in [-0.05, 0) is 12.8 Å². The highest BCUT2D eigenvalue weighted by molar-refractivity contribution is 5.85. The number of aromatic nitrogens is 2. The van der Waals surface area contributed by atoms with E-state index in [1.165, 1.54) is 18.4 Å². The van der Waals surface area contributed by atoms with E-state index in [1.807, 2.05) is 6.20 Å². The molecule has 4 nitrogen and oxygen atoms in total. The van der Waals surface area contributed by atoms with Crippen molar-refractivity contribution in [2.75, 3.05) is 19.7 Å². The number of nitrogens with one attached hydrogen (secondary N) is 1. The lowest BCUT2D eigenvalue weighted by molar-refractivity contribution is 0.0276. The van der Waals surface area contributed by atoms with Crippen molar-refractivity contribution in [3.05, 3.63) is 18.0 Å². The molecule has 0 unspecified atom stereocenters. The molecule has 5 heteroatoms. The van der Waals surface area contributed by atoms with Gasteiger partial charge in [0.1, 0.15) is 0 Å². The quantitative estimate of drug-likeness (QED) is 0.831. The van der Waals surface area contributed by atoms with Crippen molar-refractivity contribution in [2.45, 2.75) is 25.0 Å². The van der Waals surface area contributed by atoms with E-state index in [0.29, 0.717) is 6.04 Å². The minimum absolute atomic E-state index is 0. The molecule has 0 amide bonds. The molecule has 1 aliphatic heterocycles. The largest absolute Gasteiger partial charge is 0.371 e. The first kappa shape index (κ1) is 10.9. The molecule has 1 aromatic rings. The van der Waals surface area contributed by atoms with Crippen molar-refractivity contribution in [2.24, 2.45) is 0 Å². The molecule has 1 saturated heterocycles. The van der Waals surface area contributed by atoms with Gasteiger partial charge < -0.3 is 10.1 Å². The minimum Gasteiger partial charge on any atom is -0.371 e. The predicted octanol–water partition coefficient (Wildman–Crippen LogP) is 1.30. The lowest BCUT2D eigenvalue weighted by Gasteiger charge is -2.22. The van der Waals surface area contributed by atoms with Gasteiger partial charge in [-0.2, -0.15) is 5.10 Å². The van der Waals surface area contributed by atoms with E-state index in [4.69, 9.17) is 4.74 Å². The van der Waals surface area contributed by atoms with Gasteiger partial charge in [-0.1, -0.05) is 0 Å². The summed E-state index contributed by atoms with van der Waals surface area (Å²) >= 11 is 0. The summed E-state index contributed by atoms with van der Waals surface area (Å²) in [6, 6.07) is 0.667. The predicted molar refractivity (Wildman–Crippen MR) is 59.3 cm³/mol. The maximum Gasteiger partial charge on any atom is 0.0980 e. The molecule has 1 N–H and O–H groups in total. The third-order valence-electron chi connectivity index (χ3n) is 2.84. The Labute approximate surface area is 95.4 Å². The summed E-state index contributed by atoms with van der Waals surface area (Å²) in [7, 11) is 0. The van der Waals surface area contributed by atoms with Crippen molar-refractivity contribution >= 4 is 12.4 Å². The van der Waals surface area contributed by atoms with Gasteiger partial charge in [-0.15, -0.1) is 12.4 Å². The van der Waals surface area contributed by atoms with E-state index in [2.05, 4.69) is 21.3 Å². The SMILES string of the molecule is Cl.c1nn(C2CC2)cc1[C@H]1CNCCO1. The number of hydrogen-bond donors (Lipinski definition) is 1. The third-order valence-corrected chi connectivity index (χ3v) is 2.84. The standard InChI is InChI=1S/C10H15N3O.ClH/c1-2-9(1)13-7-8(5-12-13)10-6-11-3-4-14-10;/h5,7,9-11H,1-4,6H2;1H/t10-;/m1./s1. The fourth-order valence-electron chi connectivity index (χ4n) is 1.84. The number of nitrogens with zero attached hydrogens (tertiary/aromatic N) is 2. The van der Waals surface area contributed by atoms with Gasteiger partial charge in [0.15, 0.2) is 0 Å². The number of morpholine rings is 1. The van der Waals surface area contributed by atoms with Crippen LogP contribution in [0.25, 0.3) is 0 Å². The van der Waals surface area contributed by atoms with Crippen LogP contribution in [0, 0.1) is 0 Å². The van der Waals surface area contributed by atoms with Crippen molar-refractivity contribution in [1.29, 1.82) is 0 Å². The van der Waals surface area contributed by atoms with Crippen LogP contribution >= 0.6 is 12.4 Å². The van der Waals surface area contributed by atoms with Gasteiger partial charge in [-0.25, -0.2) is 0 Å². The van der Waals surface area contributed by atoms with Crippen LogP contribution in [0.1, 0.15) is 30.6 Å². The summed E-state index contributed by atoms with van der Waals surface area (Å²) in [5.74, 6) is 0. The van der Waals surface area contributed by atoms with Crippen molar-refractivity contribution < 1.29 is 4.74 Å². The molecule has 1 aromatic heterocycles. The topological polar surface area (TPSA) is 39.1 Å². The third kappa shape index (κ3) is 2.33. The molecule has 0 radical (unpaired) electrons. The fourth-order valence-corrected chi connectivity index (χ4v) is 1.84. The van der Waals surface area contributed by atoms with Crippen molar-refractivity contribution in [3.8, 4) is 0 Å². The second-order valence-electron chi connectivity index (χ2n) is 4.05. The molecule has 84 valence electrons. The van der Waals surface area contributed by atoms with E-state index < -0.39 is 0 Å². The summed E-state index contributed by atoms with van der Waals surface area (Å²) < 4.78 is 7.74. The highest BCUT2D eigenvalue weighted by atomic mass is 35.5. The van der Waals surface area contributed by atoms with Crippen LogP contribution in [0.3, 0.4) is 0 Å². The van der Waals surface area contributed by atoms with Crippen LogP contribution in [0.4, 0.5) is 0 Å². The van der Waals surface area contributed by atoms with E-state index in [1.54, 1.807) is 0 Å². The lowest BCUT2D eigenvalue weighted by atomic mass is 10.2. The first-order valence-electron chi connectivity index (χ1n) is 5.30. The maximum atomic E-state index is 5.66. The van der Waals surface area contributed by atoms with Gasteiger partial charge in [-0.3, -0.25) is 4.68 Å². The van der Waals surface area contributed by atoms with Gasteiger partial charge in [0.05, 0.1) is 24.9 Å². The monoisotopic (exact) mass is 229 g/mol. The smallest absolute Gasteiger partial charge is 0.0980 e. The van der Waals surface area contributed by atoms with E-state index in [-0.39, 0.29) is 18.5 Å². The molecule has 2 fully saturated rings. The number of ether oxygens (including phenoxy) is 1. The van der Waals surface area contributed by atoms with Gasteiger partial charge in [0.25, 0.3) is 0 Å². The Balaban J connectivity index is 0.000000853. The number of halogens is 1. The molecule has 0 spiro atoms. The van der Waals surface area contributed by atoms with E-state index in [9.17, 15) is 0 Å². The second kappa shape index (κ2) is 4.51. The Bertz CT molecular complexity index is 318. The van der Waals surface area contributed by atoms with Crippen LogP contribution in [-0.2, 0) is 4.74 Å². The zero-order chi connectivity index (χ0) is 9.38. The fraction of sp³-hybridized carbons (Fsp3) is 0.700. The second-order valence-corrected chi connectivity index (χ2v) is 4.05. The molecule has 1 atom stereocenters. The van der Waals surface area contributed by atoms with Crippen molar-refractivity contribution in [3.63, 3.8) is 0 Å².